The molecule has 0 aliphatic rings. The van der Waals surface area contributed by atoms with Crippen LogP contribution in [0.2, 0.25) is 0 Å². The standard InChI is InChI=1S/C13H18F2N2O3/c1-9(2)3-5-20-6-4-16-13-11(14)7-10(17(18)19)8-12(13)15/h7-9,16H,3-6H2,1-2H3. The van der Waals surface area contributed by atoms with E-state index in [0.29, 0.717) is 31.3 Å². The molecule has 0 radical (unpaired) electrons. The Bertz CT molecular complexity index is 444. The molecule has 0 amide bonds. The van der Waals surface area contributed by atoms with E-state index in [2.05, 4.69) is 19.2 Å². The first-order valence-corrected chi connectivity index (χ1v) is 6.37. The fourth-order valence-electron chi connectivity index (χ4n) is 1.50. The number of ether oxygens (including phenoxy) is 1. The molecule has 0 bridgehead atoms. The number of nitro groups is 1. The largest absolute Gasteiger partial charge is 0.380 e. The summed E-state index contributed by atoms with van der Waals surface area (Å²) in [5.41, 5.74) is -0.984. The normalized spacial score (nSPS) is 10.8. The van der Waals surface area contributed by atoms with Crippen molar-refractivity contribution in [2.24, 2.45) is 5.92 Å². The van der Waals surface area contributed by atoms with Gasteiger partial charge in [-0.25, -0.2) is 8.78 Å². The molecule has 5 nitrogen and oxygen atoms in total. The summed E-state index contributed by atoms with van der Waals surface area (Å²) >= 11 is 0. The zero-order valence-corrected chi connectivity index (χ0v) is 11.5. The summed E-state index contributed by atoms with van der Waals surface area (Å²) in [4.78, 5) is 9.59. The molecule has 0 saturated carbocycles. The number of nitrogens with zero attached hydrogens (tertiary/aromatic N) is 1. The molecule has 0 saturated heterocycles. The van der Waals surface area contributed by atoms with Crippen LogP contribution in [-0.4, -0.2) is 24.7 Å². The maximum absolute atomic E-state index is 13.5. The number of halogens is 2. The van der Waals surface area contributed by atoms with Crippen molar-refractivity contribution in [1.29, 1.82) is 0 Å². The van der Waals surface area contributed by atoms with Gasteiger partial charge in [-0.2, -0.15) is 0 Å². The first-order valence-electron chi connectivity index (χ1n) is 6.37. The lowest BCUT2D eigenvalue weighted by Gasteiger charge is -2.10. The van der Waals surface area contributed by atoms with Gasteiger partial charge in [0.05, 0.1) is 23.7 Å². The average molecular weight is 288 g/mol. The molecular formula is C13H18F2N2O3. The van der Waals surface area contributed by atoms with Gasteiger partial charge in [0, 0.05) is 13.2 Å². The summed E-state index contributed by atoms with van der Waals surface area (Å²) < 4.78 is 32.3. The summed E-state index contributed by atoms with van der Waals surface area (Å²) in [5, 5.41) is 13.0. The van der Waals surface area contributed by atoms with E-state index in [1.807, 2.05) is 0 Å². The fourth-order valence-corrected chi connectivity index (χ4v) is 1.50. The molecule has 0 atom stereocenters. The summed E-state index contributed by atoms with van der Waals surface area (Å²) in [5.74, 6) is -1.44. The molecule has 0 unspecified atom stereocenters. The Labute approximate surface area is 116 Å². The van der Waals surface area contributed by atoms with Gasteiger partial charge in [0.25, 0.3) is 5.69 Å². The summed E-state index contributed by atoms with van der Waals surface area (Å²) in [6.07, 6.45) is 0.917. The van der Waals surface area contributed by atoms with Crippen molar-refractivity contribution in [2.45, 2.75) is 20.3 Å². The zero-order valence-electron chi connectivity index (χ0n) is 11.5. The van der Waals surface area contributed by atoms with Crippen LogP contribution < -0.4 is 5.32 Å². The summed E-state index contributed by atoms with van der Waals surface area (Å²) in [7, 11) is 0. The van der Waals surface area contributed by atoms with Crippen molar-refractivity contribution in [3.05, 3.63) is 33.9 Å². The van der Waals surface area contributed by atoms with Crippen LogP contribution in [0.3, 0.4) is 0 Å². The molecule has 1 aromatic carbocycles. The van der Waals surface area contributed by atoms with E-state index in [0.717, 1.165) is 6.42 Å². The second kappa shape index (κ2) is 7.74. The number of non-ortho nitro benzene ring substituents is 1. The molecule has 112 valence electrons. The fraction of sp³-hybridized carbons (Fsp3) is 0.538. The van der Waals surface area contributed by atoms with E-state index < -0.39 is 22.2 Å². The van der Waals surface area contributed by atoms with Gasteiger partial charge in [-0.1, -0.05) is 13.8 Å². The number of benzene rings is 1. The lowest BCUT2D eigenvalue weighted by Crippen LogP contribution is -2.13. The topological polar surface area (TPSA) is 64.4 Å². The highest BCUT2D eigenvalue weighted by atomic mass is 19.1. The van der Waals surface area contributed by atoms with E-state index in [1.165, 1.54) is 0 Å². The molecule has 1 rings (SSSR count). The number of hydrogen-bond acceptors (Lipinski definition) is 4. The Morgan fingerprint density at radius 2 is 1.90 bits per heavy atom. The highest BCUT2D eigenvalue weighted by Crippen LogP contribution is 2.24. The van der Waals surface area contributed by atoms with Crippen molar-refractivity contribution >= 4 is 11.4 Å². The number of anilines is 1. The molecule has 7 heteroatoms. The second-order valence-corrected chi connectivity index (χ2v) is 4.76. The van der Waals surface area contributed by atoms with Gasteiger partial charge >= 0.3 is 0 Å². The predicted molar refractivity (Wildman–Crippen MR) is 71.8 cm³/mol. The van der Waals surface area contributed by atoms with Crippen LogP contribution in [0.1, 0.15) is 20.3 Å². The van der Waals surface area contributed by atoms with Crippen LogP contribution in [0.15, 0.2) is 12.1 Å². The summed E-state index contributed by atoms with van der Waals surface area (Å²) in [6.45, 7) is 5.27. The van der Waals surface area contributed by atoms with Gasteiger partial charge in [0.15, 0.2) is 11.6 Å². The molecule has 1 aromatic rings. The first-order chi connectivity index (χ1) is 9.41. The zero-order chi connectivity index (χ0) is 15.1. The van der Waals surface area contributed by atoms with E-state index in [1.54, 1.807) is 0 Å². The minimum absolute atomic E-state index is 0.226. The van der Waals surface area contributed by atoms with Gasteiger partial charge in [-0.05, 0) is 12.3 Å². The van der Waals surface area contributed by atoms with Gasteiger partial charge in [-0.3, -0.25) is 10.1 Å². The average Bonchev–Trinajstić information content (AvgIpc) is 2.35. The quantitative estimate of drug-likeness (QED) is 0.452. The minimum Gasteiger partial charge on any atom is -0.380 e. The third kappa shape index (κ3) is 5.08. The van der Waals surface area contributed by atoms with E-state index >= 15 is 0 Å². The van der Waals surface area contributed by atoms with Crippen molar-refractivity contribution in [3.63, 3.8) is 0 Å². The van der Waals surface area contributed by atoms with Crippen LogP contribution in [0.25, 0.3) is 0 Å². The third-order valence-corrected chi connectivity index (χ3v) is 2.63. The van der Waals surface area contributed by atoms with Crippen molar-refractivity contribution in [1.82, 2.24) is 0 Å². The SMILES string of the molecule is CC(C)CCOCCNc1c(F)cc([N+](=O)[O-])cc1F. The lowest BCUT2D eigenvalue weighted by atomic mass is 10.1. The first kappa shape index (κ1) is 16.3. The second-order valence-electron chi connectivity index (χ2n) is 4.76. The maximum atomic E-state index is 13.5. The monoisotopic (exact) mass is 288 g/mol. The van der Waals surface area contributed by atoms with Gasteiger partial charge in [0.2, 0.25) is 0 Å². The van der Waals surface area contributed by atoms with E-state index in [4.69, 9.17) is 4.74 Å². The highest BCUT2D eigenvalue weighted by molar-refractivity contribution is 5.51. The Morgan fingerprint density at radius 1 is 1.30 bits per heavy atom. The molecular weight excluding hydrogens is 270 g/mol. The van der Waals surface area contributed by atoms with Crippen LogP contribution >= 0.6 is 0 Å². The van der Waals surface area contributed by atoms with Gasteiger partial charge in [0.1, 0.15) is 5.69 Å². The van der Waals surface area contributed by atoms with E-state index in [-0.39, 0.29) is 12.2 Å². The molecule has 0 aliphatic heterocycles. The highest BCUT2D eigenvalue weighted by Gasteiger charge is 2.16. The van der Waals surface area contributed by atoms with E-state index in [9.17, 15) is 18.9 Å². The Morgan fingerprint density at radius 3 is 2.40 bits per heavy atom. The smallest absolute Gasteiger partial charge is 0.275 e. The van der Waals surface area contributed by atoms with Crippen LogP contribution in [-0.2, 0) is 4.74 Å². The van der Waals surface area contributed by atoms with Crippen LogP contribution in [0.5, 0.6) is 0 Å². The van der Waals surface area contributed by atoms with Crippen LogP contribution in [0, 0.1) is 27.7 Å². The molecule has 20 heavy (non-hydrogen) atoms. The van der Waals surface area contributed by atoms with Gasteiger partial charge in [-0.15, -0.1) is 0 Å². The molecule has 0 aliphatic carbocycles. The third-order valence-electron chi connectivity index (χ3n) is 2.63. The molecule has 0 spiro atoms. The Balaban J connectivity index is 2.46. The van der Waals surface area contributed by atoms with Crippen molar-refractivity contribution < 1.29 is 18.4 Å². The molecule has 0 aromatic heterocycles. The number of rotatable bonds is 8. The number of hydrogen-bond donors (Lipinski definition) is 1. The van der Waals surface area contributed by atoms with Gasteiger partial charge < -0.3 is 10.1 Å². The van der Waals surface area contributed by atoms with Crippen molar-refractivity contribution in [2.75, 3.05) is 25.1 Å². The van der Waals surface area contributed by atoms with Crippen LogP contribution in [0.4, 0.5) is 20.2 Å². The number of nitro benzene ring substituents is 1. The van der Waals surface area contributed by atoms with Crippen molar-refractivity contribution in [3.8, 4) is 0 Å². The minimum atomic E-state index is -0.987. The molecule has 0 heterocycles. The predicted octanol–water partition coefficient (Wildman–Crippen LogP) is 3.35. The number of nitrogens with one attached hydrogen (secondary N) is 1. The maximum Gasteiger partial charge on any atom is 0.275 e. The Hall–Kier alpha value is -1.76. The molecule has 1 N–H and O–H groups in total. The Kier molecular flexibility index (Phi) is 6.30. The molecule has 0 fully saturated rings. The summed E-state index contributed by atoms with van der Waals surface area (Å²) in [6, 6.07) is 1.37. The lowest BCUT2D eigenvalue weighted by molar-refractivity contribution is -0.385.